The third kappa shape index (κ3) is 4.87. The first-order chi connectivity index (χ1) is 10.9. The summed E-state index contributed by atoms with van der Waals surface area (Å²) in [7, 11) is 0. The summed E-state index contributed by atoms with van der Waals surface area (Å²) in [5.41, 5.74) is -0.0278. The van der Waals surface area contributed by atoms with E-state index in [1.807, 2.05) is 0 Å². The molecule has 0 fully saturated rings. The topological polar surface area (TPSA) is 71.3 Å². The van der Waals surface area contributed by atoms with Crippen LogP contribution in [0.25, 0.3) is 0 Å². The second kappa shape index (κ2) is 6.99. The zero-order valence-corrected chi connectivity index (χ0v) is 11.8. The highest BCUT2D eigenvalue weighted by atomic mass is 19.4. The van der Waals surface area contributed by atoms with Crippen molar-refractivity contribution in [3.63, 3.8) is 0 Å². The SMILES string of the molecule is O=C(CNC(=O)c1ccc(C(F)(F)F)cc1)NCc1ccoc1. The van der Waals surface area contributed by atoms with Gasteiger partial charge in [0.05, 0.1) is 24.6 Å². The van der Waals surface area contributed by atoms with E-state index in [0.29, 0.717) is 0 Å². The molecule has 0 unspecified atom stereocenters. The maximum Gasteiger partial charge on any atom is 0.416 e. The predicted octanol–water partition coefficient (Wildman–Crippen LogP) is 2.34. The third-order valence-corrected chi connectivity index (χ3v) is 2.95. The van der Waals surface area contributed by atoms with Crippen LogP contribution in [0.1, 0.15) is 21.5 Å². The van der Waals surface area contributed by atoms with Gasteiger partial charge in [-0.25, -0.2) is 0 Å². The van der Waals surface area contributed by atoms with Crippen LogP contribution < -0.4 is 10.6 Å². The summed E-state index contributed by atoms with van der Waals surface area (Å²) in [4.78, 5) is 23.3. The Morgan fingerprint density at radius 3 is 2.30 bits per heavy atom. The number of amides is 2. The predicted molar refractivity (Wildman–Crippen MR) is 74.3 cm³/mol. The maximum atomic E-state index is 12.4. The van der Waals surface area contributed by atoms with Gasteiger partial charge in [0.15, 0.2) is 0 Å². The molecule has 0 spiro atoms. The molecular weight excluding hydrogens is 313 g/mol. The van der Waals surface area contributed by atoms with E-state index in [4.69, 9.17) is 4.42 Å². The average Bonchev–Trinajstić information content (AvgIpc) is 3.03. The van der Waals surface area contributed by atoms with Crippen LogP contribution in [0.15, 0.2) is 47.3 Å². The summed E-state index contributed by atoms with van der Waals surface area (Å²) in [6.07, 6.45) is -1.52. The van der Waals surface area contributed by atoms with Gasteiger partial charge in [-0.15, -0.1) is 0 Å². The lowest BCUT2D eigenvalue weighted by Crippen LogP contribution is -2.36. The molecule has 0 saturated carbocycles. The largest absolute Gasteiger partial charge is 0.472 e. The number of furan rings is 1. The molecular formula is C15H13F3N2O3. The molecule has 2 rings (SSSR count). The Bertz CT molecular complexity index is 664. The van der Waals surface area contributed by atoms with E-state index in [1.54, 1.807) is 6.07 Å². The van der Waals surface area contributed by atoms with Gasteiger partial charge in [0.2, 0.25) is 5.91 Å². The molecule has 5 nitrogen and oxygen atoms in total. The number of alkyl halides is 3. The monoisotopic (exact) mass is 326 g/mol. The molecule has 1 aromatic heterocycles. The standard InChI is InChI=1S/C15H13F3N2O3/c16-15(17,18)12-3-1-11(2-4-12)14(22)20-8-13(21)19-7-10-5-6-23-9-10/h1-6,9H,7-8H2,(H,19,21)(H,20,22). The summed E-state index contributed by atoms with van der Waals surface area (Å²) in [6.45, 7) is -0.0246. The number of rotatable bonds is 5. The molecule has 1 heterocycles. The van der Waals surface area contributed by atoms with Gasteiger partial charge in [0, 0.05) is 17.7 Å². The third-order valence-electron chi connectivity index (χ3n) is 2.95. The normalized spacial score (nSPS) is 11.1. The molecule has 8 heteroatoms. The maximum absolute atomic E-state index is 12.4. The molecule has 0 saturated heterocycles. The average molecular weight is 326 g/mol. The van der Waals surface area contributed by atoms with Crippen molar-refractivity contribution in [2.24, 2.45) is 0 Å². The molecule has 0 aliphatic heterocycles. The molecule has 0 bridgehead atoms. The molecule has 0 aliphatic rings. The molecule has 0 atom stereocenters. The lowest BCUT2D eigenvalue weighted by molar-refractivity contribution is -0.137. The molecule has 2 amide bonds. The number of nitrogens with one attached hydrogen (secondary N) is 2. The van der Waals surface area contributed by atoms with E-state index in [1.165, 1.54) is 12.5 Å². The quantitative estimate of drug-likeness (QED) is 0.886. The highest BCUT2D eigenvalue weighted by Crippen LogP contribution is 2.28. The minimum Gasteiger partial charge on any atom is -0.472 e. The first-order valence-electron chi connectivity index (χ1n) is 6.59. The zero-order chi connectivity index (χ0) is 16.9. The first-order valence-corrected chi connectivity index (χ1v) is 6.59. The van der Waals surface area contributed by atoms with Crippen molar-refractivity contribution in [1.82, 2.24) is 10.6 Å². The van der Waals surface area contributed by atoms with Crippen LogP contribution in [0, 0.1) is 0 Å². The van der Waals surface area contributed by atoms with E-state index < -0.39 is 23.6 Å². The van der Waals surface area contributed by atoms with Gasteiger partial charge >= 0.3 is 6.18 Å². The minimum atomic E-state index is -4.46. The van der Waals surface area contributed by atoms with Crippen molar-refractivity contribution >= 4 is 11.8 Å². The Kier molecular flexibility index (Phi) is 5.05. The van der Waals surface area contributed by atoms with Gasteiger partial charge in [-0.3, -0.25) is 9.59 Å². The zero-order valence-electron chi connectivity index (χ0n) is 11.8. The highest BCUT2D eigenvalue weighted by Gasteiger charge is 2.30. The molecule has 2 N–H and O–H groups in total. The van der Waals surface area contributed by atoms with Gasteiger partial charge in [0.1, 0.15) is 0 Å². The van der Waals surface area contributed by atoms with E-state index in [2.05, 4.69) is 10.6 Å². The summed E-state index contributed by atoms with van der Waals surface area (Å²) >= 11 is 0. The van der Waals surface area contributed by atoms with Gasteiger partial charge in [0.25, 0.3) is 5.91 Å². The van der Waals surface area contributed by atoms with E-state index in [-0.39, 0.29) is 18.7 Å². The lowest BCUT2D eigenvalue weighted by atomic mass is 10.1. The fraction of sp³-hybridized carbons (Fsp3) is 0.200. The number of halogens is 3. The van der Waals surface area contributed by atoms with Crippen LogP contribution in [-0.2, 0) is 17.5 Å². The Balaban J connectivity index is 1.81. The lowest BCUT2D eigenvalue weighted by Gasteiger charge is -2.08. The van der Waals surface area contributed by atoms with Crippen LogP contribution in [0.3, 0.4) is 0 Å². The fourth-order valence-electron chi connectivity index (χ4n) is 1.73. The molecule has 0 aliphatic carbocycles. The van der Waals surface area contributed by atoms with Crippen LogP contribution in [-0.4, -0.2) is 18.4 Å². The van der Waals surface area contributed by atoms with Crippen molar-refractivity contribution in [1.29, 1.82) is 0 Å². The van der Waals surface area contributed by atoms with Crippen molar-refractivity contribution in [3.05, 3.63) is 59.5 Å². The number of hydrogen-bond acceptors (Lipinski definition) is 3. The van der Waals surface area contributed by atoms with Crippen molar-refractivity contribution in [3.8, 4) is 0 Å². The summed E-state index contributed by atoms with van der Waals surface area (Å²) < 4.78 is 42.1. The van der Waals surface area contributed by atoms with E-state index in [0.717, 1.165) is 29.8 Å². The van der Waals surface area contributed by atoms with Crippen LogP contribution in [0.2, 0.25) is 0 Å². The molecule has 122 valence electrons. The van der Waals surface area contributed by atoms with Crippen molar-refractivity contribution in [2.75, 3.05) is 6.54 Å². The van der Waals surface area contributed by atoms with Gasteiger partial charge < -0.3 is 15.1 Å². The van der Waals surface area contributed by atoms with Crippen LogP contribution in [0.4, 0.5) is 13.2 Å². The Labute approximate surface area is 129 Å². The second-order valence-electron chi connectivity index (χ2n) is 4.67. The van der Waals surface area contributed by atoms with Crippen LogP contribution >= 0.6 is 0 Å². The van der Waals surface area contributed by atoms with Crippen LogP contribution in [0.5, 0.6) is 0 Å². The minimum absolute atomic E-state index is 0.0423. The molecule has 0 radical (unpaired) electrons. The van der Waals surface area contributed by atoms with Gasteiger partial charge in [-0.2, -0.15) is 13.2 Å². The first kappa shape index (κ1) is 16.6. The summed E-state index contributed by atoms with van der Waals surface area (Å²) in [5.74, 6) is -1.05. The summed E-state index contributed by atoms with van der Waals surface area (Å²) in [5, 5.41) is 4.89. The van der Waals surface area contributed by atoms with Gasteiger partial charge in [-0.1, -0.05) is 0 Å². The smallest absolute Gasteiger partial charge is 0.416 e. The van der Waals surface area contributed by atoms with Gasteiger partial charge in [-0.05, 0) is 30.3 Å². The molecule has 2 aromatic rings. The Hall–Kier alpha value is -2.77. The Morgan fingerprint density at radius 1 is 1.04 bits per heavy atom. The Morgan fingerprint density at radius 2 is 1.74 bits per heavy atom. The molecule has 23 heavy (non-hydrogen) atoms. The fourth-order valence-corrected chi connectivity index (χ4v) is 1.73. The van der Waals surface area contributed by atoms with Crippen molar-refractivity contribution in [2.45, 2.75) is 12.7 Å². The highest BCUT2D eigenvalue weighted by molar-refractivity contribution is 5.96. The number of hydrogen-bond donors (Lipinski definition) is 2. The number of carbonyl (C=O) groups is 2. The molecule has 1 aromatic carbocycles. The van der Waals surface area contributed by atoms with E-state index in [9.17, 15) is 22.8 Å². The number of carbonyl (C=O) groups excluding carboxylic acids is 2. The van der Waals surface area contributed by atoms with Crippen molar-refractivity contribution < 1.29 is 27.2 Å². The summed E-state index contributed by atoms with van der Waals surface area (Å²) in [6, 6.07) is 5.42. The second-order valence-corrected chi connectivity index (χ2v) is 4.67. The van der Waals surface area contributed by atoms with E-state index >= 15 is 0 Å². The number of benzene rings is 1.